The molecule has 0 radical (unpaired) electrons. The number of aliphatic hydroxyl groups is 1. The topological polar surface area (TPSA) is 38.0 Å². The molecule has 108 valence electrons. The zero-order valence-electron chi connectivity index (χ0n) is 12.5. The summed E-state index contributed by atoms with van der Waals surface area (Å²) in [5.74, 6) is 0.939. The first kappa shape index (κ1) is 13.8. The summed E-state index contributed by atoms with van der Waals surface area (Å²) in [6, 6.07) is 16.1. The van der Waals surface area contributed by atoms with Gasteiger partial charge in [-0.2, -0.15) is 0 Å². The Morgan fingerprint density at radius 2 is 1.81 bits per heavy atom. The molecule has 0 aliphatic rings. The zero-order valence-corrected chi connectivity index (χ0v) is 12.5. The molecule has 0 saturated carbocycles. The standard InChI is InChI=1S/C18H20N2O/c1-3-20-16-11-7-6-10-15(16)19-18(20)12-17(21)14-9-5-4-8-13(14)2/h4-11,17,21H,3,12H2,1-2H3. The molecule has 0 aliphatic heterocycles. The van der Waals surface area contributed by atoms with E-state index in [0.717, 1.165) is 34.5 Å². The largest absolute Gasteiger partial charge is 0.388 e. The Hall–Kier alpha value is -2.13. The van der Waals surface area contributed by atoms with Crippen molar-refractivity contribution in [3.05, 3.63) is 65.5 Å². The summed E-state index contributed by atoms with van der Waals surface area (Å²) in [5.41, 5.74) is 4.22. The maximum atomic E-state index is 10.5. The summed E-state index contributed by atoms with van der Waals surface area (Å²) in [4.78, 5) is 4.68. The van der Waals surface area contributed by atoms with Crippen LogP contribution in [0.5, 0.6) is 0 Å². The Labute approximate surface area is 124 Å². The highest BCUT2D eigenvalue weighted by molar-refractivity contribution is 5.75. The van der Waals surface area contributed by atoms with Crippen molar-refractivity contribution in [1.29, 1.82) is 0 Å². The van der Waals surface area contributed by atoms with Crippen LogP contribution in [-0.2, 0) is 13.0 Å². The van der Waals surface area contributed by atoms with Gasteiger partial charge in [0.25, 0.3) is 0 Å². The van der Waals surface area contributed by atoms with Gasteiger partial charge in [0.05, 0.1) is 17.1 Å². The van der Waals surface area contributed by atoms with Crippen molar-refractivity contribution < 1.29 is 5.11 Å². The van der Waals surface area contributed by atoms with Crippen molar-refractivity contribution in [2.24, 2.45) is 0 Å². The van der Waals surface area contributed by atoms with E-state index in [4.69, 9.17) is 0 Å². The van der Waals surface area contributed by atoms with Crippen molar-refractivity contribution in [3.8, 4) is 0 Å². The molecule has 3 nitrogen and oxygen atoms in total. The number of aromatic nitrogens is 2. The highest BCUT2D eigenvalue weighted by Gasteiger charge is 2.16. The van der Waals surface area contributed by atoms with Crippen LogP contribution in [0.1, 0.15) is 30.0 Å². The lowest BCUT2D eigenvalue weighted by Crippen LogP contribution is -2.09. The van der Waals surface area contributed by atoms with Gasteiger partial charge in [0, 0.05) is 13.0 Å². The molecule has 1 aromatic heterocycles. The number of imidazole rings is 1. The Morgan fingerprint density at radius 1 is 1.10 bits per heavy atom. The van der Waals surface area contributed by atoms with Crippen LogP contribution in [0.2, 0.25) is 0 Å². The van der Waals surface area contributed by atoms with Crippen LogP contribution >= 0.6 is 0 Å². The molecular weight excluding hydrogens is 260 g/mol. The lowest BCUT2D eigenvalue weighted by Gasteiger charge is -2.14. The number of hydrogen-bond donors (Lipinski definition) is 1. The van der Waals surface area contributed by atoms with Crippen LogP contribution < -0.4 is 0 Å². The van der Waals surface area contributed by atoms with Gasteiger partial charge in [0.2, 0.25) is 0 Å². The molecule has 0 amide bonds. The first-order valence-corrected chi connectivity index (χ1v) is 7.38. The predicted octanol–water partition coefficient (Wildman–Crippen LogP) is 3.64. The Kier molecular flexibility index (Phi) is 3.76. The number of nitrogens with zero attached hydrogens (tertiary/aromatic N) is 2. The molecule has 1 unspecified atom stereocenters. The van der Waals surface area contributed by atoms with E-state index in [1.54, 1.807) is 0 Å². The molecule has 3 aromatic rings. The zero-order chi connectivity index (χ0) is 14.8. The van der Waals surface area contributed by atoms with E-state index < -0.39 is 6.10 Å². The highest BCUT2D eigenvalue weighted by atomic mass is 16.3. The lowest BCUT2D eigenvalue weighted by atomic mass is 10.0. The fraction of sp³-hybridized carbons (Fsp3) is 0.278. The quantitative estimate of drug-likeness (QED) is 0.792. The number of rotatable bonds is 4. The summed E-state index contributed by atoms with van der Waals surface area (Å²) < 4.78 is 2.18. The first-order chi connectivity index (χ1) is 10.2. The van der Waals surface area contributed by atoms with Crippen molar-refractivity contribution in [1.82, 2.24) is 9.55 Å². The molecule has 0 spiro atoms. The number of para-hydroxylation sites is 2. The monoisotopic (exact) mass is 280 g/mol. The summed E-state index contributed by atoms with van der Waals surface area (Å²) in [6.07, 6.45) is 0.0150. The lowest BCUT2D eigenvalue weighted by molar-refractivity contribution is 0.174. The van der Waals surface area contributed by atoms with Crippen LogP contribution in [0, 0.1) is 6.92 Å². The Morgan fingerprint density at radius 3 is 2.57 bits per heavy atom. The van der Waals surface area contributed by atoms with E-state index in [2.05, 4.69) is 22.5 Å². The van der Waals surface area contributed by atoms with Crippen LogP contribution in [0.25, 0.3) is 11.0 Å². The summed E-state index contributed by atoms with van der Waals surface area (Å²) in [5, 5.41) is 10.5. The van der Waals surface area contributed by atoms with E-state index >= 15 is 0 Å². The minimum atomic E-state index is -0.520. The van der Waals surface area contributed by atoms with Crippen LogP contribution in [0.3, 0.4) is 0 Å². The SMILES string of the molecule is CCn1c(CC(O)c2ccccc2C)nc2ccccc21. The van der Waals surface area contributed by atoms with Crippen LogP contribution in [-0.4, -0.2) is 14.7 Å². The minimum absolute atomic E-state index is 0.520. The molecule has 1 heterocycles. The number of benzene rings is 2. The molecule has 0 fully saturated rings. The highest BCUT2D eigenvalue weighted by Crippen LogP contribution is 2.23. The molecule has 2 aromatic carbocycles. The average molecular weight is 280 g/mol. The number of hydrogen-bond acceptors (Lipinski definition) is 2. The second-order valence-corrected chi connectivity index (χ2v) is 5.34. The number of aryl methyl sites for hydroxylation is 2. The van der Waals surface area contributed by atoms with Crippen LogP contribution in [0.15, 0.2) is 48.5 Å². The fourth-order valence-corrected chi connectivity index (χ4v) is 2.88. The maximum absolute atomic E-state index is 10.5. The number of fused-ring (bicyclic) bond motifs is 1. The Bertz CT molecular complexity index is 761. The van der Waals surface area contributed by atoms with Gasteiger partial charge < -0.3 is 9.67 Å². The van der Waals surface area contributed by atoms with E-state index in [-0.39, 0.29) is 0 Å². The van der Waals surface area contributed by atoms with E-state index in [9.17, 15) is 5.11 Å². The van der Waals surface area contributed by atoms with Crippen LogP contribution in [0.4, 0.5) is 0 Å². The van der Waals surface area contributed by atoms with E-state index in [1.165, 1.54) is 0 Å². The van der Waals surface area contributed by atoms with Gasteiger partial charge in [-0.15, -0.1) is 0 Å². The van der Waals surface area contributed by atoms with Crippen molar-refractivity contribution in [3.63, 3.8) is 0 Å². The molecule has 0 saturated heterocycles. The summed E-state index contributed by atoms with van der Waals surface area (Å²) in [6.45, 7) is 5.00. The molecular formula is C18H20N2O. The van der Waals surface area contributed by atoms with Gasteiger partial charge in [-0.25, -0.2) is 4.98 Å². The number of aliphatic hydroxyl groups excluding tert-OH is 1. The minimum Gasteiger partial charge on any atom is -0.388 e. The second-order valence-electron chi connectivity index (χ2n) is 5.34. The maximum Gasteiger partial charge on any atom is 0.112 e. The average Bonchev–Trinajstić information content (AvgIpc) is 2.84. The van der Waals surface area contributed by atoms with E-state index in [0.29, 0.717) is 6.42 Å². The molecule has 1 N–H and O–H groups in total. The third-order valence-electron chi connectivity index (χ3n) is 3.97. The normalized spacial score (nSPS) is 12.7. The third kappa shape index (κ3) is 2.57. The molecule has 1 atom stereocenters. The van der Waals surface area contributed by atoms with Gasteiger partial charge >= 0.3 is 0 Å². The second kappa shape index (κ2) is 5.70. The van der Waals surface area contributed by atoms with Crippen molar-refractivity contribution in [2.45, 2.75) is 32.9 Å². The Balaban J connectivity index is 1.96. The van der Waals surface area contributed by atoms with Gasteiger partial charge in [0.15, 0.2) is 0 Å². The fourth-order valence-electron chi connectivity index (χ4n) is 2.88. The molecule has 0 bridgehead atoms. The van der Waals surface area contributed by atoms with Gasteiger partial charge in [0.1, 0.15) is 5.82 Å². The molecule has 0 aliphatic carbocycles. The summed E-state index contributed by atoms with van der Waals surface area (Å²) >= 11 is 0. The summed E-state index contributed by atoms with van der Waals surface area (Å²) in [7, 11) is 0. The van der Waals surface area contributed by atoms with Gasteiger partial charge in [-0.05, 0) is 37.1 Å². The first-order valence-electron chi connectivity index (χ1n) is 7.38. The van der Waals surface area contributed by atoms with E-state index in [1.807, 2.05) is 49.4 Å². The predicted molar refractivity (Wildman–Crippen MR) is 85.2 cm³/mol. The van der Waals surface area contributed by atoms with Crippen molar-refractivity contribution >= 4 is 11.0 Å². The third-order valence-corrected chi connectivity index (χ3v) is 3.97. The molecule has 21 heavy (non-hydrogen) atoms. The smallest absolute Gasteiger partial charge is 0.112 e. The van der Waals surface area contributed by atoms with Gasteiger partial charge in [-0.1, -0.05) is 36.4 Å². The molecule has 3 rings (SSSR count). The molecule has 3 heteroatoms. The van der Waals surface area contributed by atoms with Crippen molar-refractivity contribution in [2.75, 3.05) is 0 Å². The van der Waals surface area contributed by atoms with Gasteiger partial charge in [-0.3, -0.25) is 0 Å².